The first kappa shape index (κ1) is 17.7. The summed E-state index contributed by atoms with van der Waals surface area (Å²) in [5.41, 5.74) is 3.75. The zero-order valence-corrected chi connectivity index (χ0v) is 14.3. The summed E-state index contributed by atoms with van der Waals surface area (Å²) in [7, 11) is 0. The van der Waals surface area contributed by atoms with Crippen molar-refractivity contribution in [1.29, 1.82) is 0 Å². The lowest BCUT2D eigenvalue weighted by molar-refractivity contribution is -0.149. The van der Waals surface area contributed by atoms with Crippen LogP contribution in [-0.4, -0.2) is 18.5 Å². The Kier molecular flexibility index (Phi) is 6.13. The number of aryl methyl sites for hydroxylation is 1. The molecule has 4 heteroatoms. The van der Waals surface area contributed by atoms with Gasteiger partial charge < -0.3 is 10.1 Å². The van der Waals surface area contributed by atoms with Crippen molar-refractivity contribution < 1.29 is 14.3 Å². The minimum absolute atomic E-state index is 0.282. The molecule has 24 heavy (non-hydrogen) atoms. The van der Waals surface area contributed by atoms with Crippen molar-refractivity contribution in [2.45, 2.75) is 33.1 Å². The topological polar surface area (TPSA) is 55.4 Å². The molecule has 0 radical (unpaired) electrons. The van der Waals surface area contributed by atoms with Gasteiger partial charge in [-0.05, 0) is 43.0 Å². The van der Waals surface area contributed by atoms with Crippen LogP contribution < -0.4 is 5.32 Å². The van der Waals surface area contributed by atoms with E-state index >= 15 is 0 Å². The van der Waals surface area contributed by atoms with Crippen molar-refractivity contribution in [3.05, 3.63) is 65.2 Å². The molecule has 1 amide bonds. The van der Waals surface area contributed by atoms with Crippen LogP contribution in [0.25, 0.3) is 0 Å². The summed E-state index contributed by atoms with van der Waals surface area (Å²) >= 11 is 0. The fourth-order valence-electron chi connectivity index (χ4n) is 2.53. The first-order chi connectivity index (χ1) is 11.5. The highest BCUT2D eigenvalue weighted by molar-refractivity contribution is 5.94. The molecule has 1 atom stereocenters. The number of carbonyl (C=O) groups is 2. The van der Waals surface area contributed by atoms with Gasteiger partial charge in [-0.25, -0.2) is 0 Å². The van der Waals surface area contributed by atoms with Crippen LogP contribution in [0.1, 0.15) is 36.0 Å². The van der Waals surface area contributed by atoms with Crippen LogP contribution in [0.2, 0.25) is 0 Å². The van der Waals surface area contributed by atoms with E-state index in [0.717, 1.165) is 22.4 Å². The van der Waals surface area contributed by atoms with E-state index in [0.29, 0.717) is 6.42 Å². The molecule has 4 nitrogen and oxygen atoms in total. The largest absolute Gasteiger partial charge is 0.455 e. The lowest BCUT2D eigenvalue weighted by atomic mass is 9.97. The molecule has 0 saturated heterocycles. The van der Waals surface area contributed by atoms with E-state index in [1.54, 1.807) is 0 Å². The average molecular weight is 325 g/mol. The number of hydrogen-bond donors (Lipinski definition) is 1. The number of esters is 1. The molecule has 0 heterocycles. The molecule has 2 aromatic rings. The minimum atomic E-state index is -0.375. The van der Waals surface area contributed by atoms with E-state index in [4.69, 9.17) is 4.74 Å². The molecule has 0 aliphatic carbocycles. The standard InChI is InChI=1S/C20H23NO3/c1-4-17(16-10-6-5-7-11-16)20(23)24-13-19(22)21-18-12-8-9-14(2)15(18)3/h5-12,17H,4,13H2,1-3H3,(H,21,22). The summed E-state index contributed by atoms with van der Waals surface area (Å²) in [6.45, 7) is 5.57. The molecule has 2 rings (SSSR count). The Labute approximate surface area is 142 Å². The first-order valence-corrected chi connectivity index (χ1v) is 8.10. The average Bonchev–Trinajstić information content (AvgIpc) is 2.59. The van der Waals surface area contributed by atoms with Gasteiger partial charge in [-0.3, -0.25) is 9.59 Å². The van der Waals surface area contributed by atoms with Gasteiger partial charge in [0, 0.05) is 5.69 Å². The van der Waals surface area contributed by atoms with Crippen molar-refractivity contribution in [3.8, 4) is 0 Å². The summed E-state index contributed by atoms with van der Waals surface area (Å²) in [6, 6.07) is 15.2. The molecule has 1 N–H and O–H groups in total. The summed E-state index contributed by atoms with van der Waals surface area (Å²) in [4.78, 5) is 24.3. The van der Waals surface area contributed by atoms with E-state index < -0.39 is 0 Å². The predicted molar refractivity (Wildman–Crippen MR) is 95.0 cm³/mol. The lowest BCUT2D eigenvalue weighted by Crippen LogP contribution is -2.24. The summed E-state index contributed by atoms with van der Waals surface area (Å²) < 4.78 is 5.20. The molecular weight excluding hydrogens is 302 g/mol. The third-order valence-corrected chi connectivity index (χ3v) is 4.12. The van der Waals surface area contributed by atoms with Gasteiger partial charge in [0.25, 0.3) is 5.91 Å². The van der Waals surface area contributed by atoms with E-state index in [9.17, 15) is 9.59 Å². The molecule has 0 spiro atoms. The zero-order valence-electron chi connectivity index (χ0n) is 14.3. The van der Waals surface area contributed by atoms with Crippen molar-refractivity contribution in [1.82, 2.24) is 0 Å². The number of anilines is 1. The van der Waals surface area contributed by atoms with Gasteiger partial charge in [0.1, 0.15) is 0 Å². The number of amides is 1. The van der Waals surface area contributed by atoms with Crippen LogP contribution in [0.4, 0.5) is 5.69 Å². The van der Waals surface area contributed by atoms with Gasteiger partial charge in [0.2, 0.25) is 0 Å². The molecule has 2 aromatic carbocycles. The van der Waals surface area contributed by atoms with Crippen molar-refractivity contribution >= 4 is 17.6 Å². The van der Waals surface area contributed by atoms with Crippen LogP contribution >= 0.6 is 0 Å². The van der Waals surface area contributed by atoms with E-state index in [1.165, 1.54) is 0 Å². The molecular formula is C20H23NO3. The van der Waals surface area contributed by atoms with Crippen LogP contribution in [-0.2, 0) is 14.3 Å². The molecule has 0 aliphatic rings. The summed E-state index contributed by atoms with van der Waals surface area (Å²) in [5, 5.41) is 2.79. The van der Waals surface area contributed by atoms with Gasteiger partial charge in [0.05, 0.1) is 5.92 Å². The maximum Gasteiger partial charge on any atom is 0.313 e. The Morgan fingerprint density at radius 3 is 2.42 bits per heavy atom. The van der Waals surface area contributed by atoms with Crippen LogP contribution in [0.5, 0.6) is 0 Å². The van der Waals surface area contributed by atoms with Crippen molar-refractivity contribution in [2.75, 3.05) is 11.9 Å². The Morgan fingerprint density at radius 2 is 1.75 bits per heavy atom. The Balaban J connectivity index is 1.93. The maximum absolute atomic E-state index is 12.3. The van der Waals surface area contributed by atoms with Gasteiger partial charge in [-0.15, -0.1) is 0 Å². The molecule has 0 aromatic heterocycles. The number of carbonyl (C=O) groups excluding carboxylic acids is 2. The molecule has 0 saturated carbocycles. The molecule has 0 bridgehead atoms. The van der Waals surface area contributed by atoms with Gasteiger partial charge in [-0.1, -0.05) is 49.4 Å². The quantitative estimate of drug-likeness (QED) is 0.817. The van der Waals surface area contributed by atoms with Gasteiger partial charge in [0.15, 0.2) is 6.61 Å². The van der Waals surface area contributed by atoms with Crippen LogP contribution in [0, 0.1) is 13.8 Å². The van der Waals surface area contributed by atoms with E-state index in [1.807, 2.05) is 69.3 Å². The Bertz CT molecular complexity index is 710. The summed E-state index contributed by atoms with van der Waals surface area (Å²) in [6.07, 6.45) is 0.626. The van der Waals surface area contributed by atoms with Gasteiger partial charge >= 0.3 is 5.97 Å². The minimum Gasteiger partial charge on any atom is -0.455 e. The Morgan fingerprint density at radius 1 is 1.04 bits per heavy atom. The third kappa shape index (κ3) is 4.44. The summed E-state index contributed by atoms with van der Waals surface area (Å²) in [5.74, 6) is -1.06. The smallest absolute Gasteiger partial charge is 0.313 e. The van der Waals surface area contributed by atoms with Crippen molar-refractivity contribution in [3.63, 3.8) is 0 Å². The second-order valence-corrected chi connectivity index (χ2v) is 5.77. The normalized spacial score (nSPS) is 11.6. The molecule has 0 fully saturated rings. The SMILES string of the molecule is CCC(C(=O)OCC(=O)Nc1cccc(C)c1C)c1ccccc1. The lowest BCUT2D eigenvalue weighted by Gasteiger charge is -2.15. The van der Waals surface area contributed by atoms with E-state index in [-0.39, 0.29) is 24.4 Å². The fraction of sp³-hybridized carbons (Fsp3) is 0.300. The zero-order chi connectivity index (χ0) is 17.5. The predicted octanol–water partition coefficient (Wildman–Crippen LogP) is 3.98. The highest BCUT2D eigenvalue weighted by atomic mass is 16.5. The fourth-order valence-corrected chi connectivity index (χ4v) is 2.53. The Hall–Kier alpha value is -2.62. The van der Waals surface area contributed by atoms with Crippen molar-refractivity contribution in [2.24, 2.45) is 0 Å². The highest BCUT2D eigenvalue weighted by Gasteiger charge is 2.21. The molecule has 0 aliphatic heterocycles. The number of ether oxygens (including phenoxy) is 1. The number of hydrogen-bond acceptors (Lipinski definition) is 3. The monoisotopic (exact) mass is 325 g/mol. The maximum atomic E-state index is 12.3. The molecule has 126 valence electrons. The number of benzene rings is 2. The first-order valence-electron chi connectivity index (χ1n) is 8.10. The number of rotatable bonds is 6. The molecule has 1 unspecified atom stereocenters. The van der Waals surface area contributed by atoms with Gasteiger partial charge in [-0.2, -0.15) is 0 Å². The second kappa shape index (κ2) is 8.29. The number of nitrogens with one attached hydrogen (secondary N) is 1. The highest BCUT2D eigenvalue weighted by Crippen LogP contribution is 2.21. The van der Waals surface area contributed by atoms with E-state index in [2.05, 4.69) is 5.32 Å². The third-order valence-electron chi connectivity index (χ3n) is 4.12. The van der Waals surface area contributed by atoms with Crippen LogP contribution in [0.3, 0.4) is 0 Å². The van der Waals surface area contributed by atoms with Crippen LogP contribution in [0.15, 0.2) is 48.5 Å². The second-order valence-electron chi connectivity index (χ2n) is 5.77.